The molecule has 1 unspecified atom stereocenters. The molecule has 0 bridgehead atoms. The van der Waals surface area contributed by atoms with Gasteiger partial charge in [-0.3, -0.25) is 0 Å². The Morgan fingerprint density at radius 3 is 1.85 bits per heavy atom. The molecule has 0 nitrogen and oxygen atoms in total. The van der Waals surface area contributed by atoms with Crippen molar-refractivity contribution in [1.29, 1.82) is 0 Å². The average molecular weight is 184 g/mol. The molecular formula is C13H28. The van der Waals surface area contributed by atoms with Crippen LogP contribution in [0.15, 0.2) is 0 Å². The lowest BCUT2D eigenvalue weighted by molar-refractivity contribution is 0.211. The first-order chi connectivity index (χ1) is 5.89. The van der Waals surface area contributed by atoms with Crippen molar-refractivity contribution in [3.05, 3.63) is 0 Å². The maximum atomic E-state index is 2.45. The average Bonchev–Trinajstić information content (AvgIpc) is 2.00. The predicted molar refractivity (Wildman–Crippen MR) is 61.9 cm³/mol. The Balaban J connectivity index is 3.96. The van der Waals surface area contributed by atoms with E-state index in [4.69, 9.17) is 0 Å². The molecule has 0 N–H and O–H groups in total. The fourth-order valence-electron chi connectivity index (χ4n) is 2.05. The SMILES string of the molecule is CCC(C)(CCC(C)C)CC(C)C. The molecule has 0 aromatic carbocycles. The smallest absolute Gasteiger partial charge is 0.0326 e. The third-order valence-corrected chi connectivity index (χ3v) is 3.08. The highest BCUT2D eigenvalue weighted by Crippen LogP contribution is 2.35. The first-order valence-electron chi connectivity index (χ1n) is 5.89. The van der Waals surface area contributed by atoms with Crippen LogP contribution in [0.25, 0.3) is 0 Å². The molecule has 13 heavy (non-hydrogen) atoms. The summed E-state index contributed by atoms with van der Waals surface area (Å²) in [4.78, 5) is 0. The third-order valence-electron chi connectivity index (χ3n) is 3.08. The molecule has 0 aromatic rings. The Morgan fingerprint density at radius 2 is 1.54 bits per heavy atom. The van der Waals surface area contributed by atoms with Crippen LogP contribution in [0.2, 0.25) is 0 Å². The van der Waals surface area contributed by atoms with Crippen molar-refractivity contribution in [2.75, 3.05) is 0 Å². The Kier molecular flexibility index (Phi) is 5.67. The normalized spacial score (nSPS) is 16.6. The van der Waals surface area contributed by atoms with Crippen LogP contribution >= 0.6 is 0 Å². The molecule has 0 aliphatic heterocycles. The maximum absolute atomic E-state index is 2.45. The van der Waals surface area contributed by atoms with Crippen molar-refractivity contribution in [2.45, 2.75) is 67.2 Å². The van der Waals surface area contributed by atoms with Crippen molar-refractivity contribution in [2.24, 2.45) is 17.3 Å². The molecule has 0 radical (unpaired) electrons. The van der Waals surface area contributed by atoms with Gasteiger partial charge >= 0.3 is 0 Å². The van der Waals surface area contributed by atoms with E-state index in [-0.39, 0.29) is 0 Å². The summed E-state index contributed by atoms with van der Waals surface area (Å²) in [5, 5.41) is 0. The van der Waals surface area contributed by atoms with E-state index in [1.807, 2.05) is 0 Å². The number of hydrogen-bond acceptors (Lipinski definition) is 0. The Morgan fingerprint density at radius 1 is 1.00 bits per heavy atom. The topological polar surface area (TPSA) is 0 Å². The Labute approximate surface area is 85.1 Å². The minimum absolute atomic E-state index is 0.596. The maximum Gasteiger partial charge on any atom is -0.0326 e. The van der Waals surface area contributed by atoms with Crippen molar-refractivity contribution >= 4 is 0 Å². The van der Waals surface area contributed by atoms with Gasteiger partial charge in [0.1, 0.15) is 0 Å². The molecule has 0 aromatic heterocycles. The molecule has 0 rings (SSSR count). The van der Waals surface area contributed by atoms with Gasteiger partial charge in [-0.05, 0) is 30.1 Å². The van der Waals surface area contributed by atoms with Crippen LogP contribution in [-0.2, 0) is 0 Å². The third kappa shape index (κ3) is 6.12. The molecule has 1 atom stereocenters. The molecule has 0 aliphatic carbocycles. The van der Waals surface area contributed by atoms with E-state index in [1.54, 1.807) is 0 Å². The summed E-state index contributed by atoms with van der Waals surface area (Å²) in [5.41, 5.74) is 0.596. The Hall–Kier alpha value is 0. The van der Waals surface area contributed by atoms with Gasteiger partial charge in [-0.25, -0.2) is 0 Å². The summed E-state index contributed by atoms with van der Waals surface area (Å²) in [6.07, 6.45) is 5.50. The minimum Gasteiger partial charge on any atom is -0.0649 e. The monoisotopic (exact) mass is 184 g/mol. The molecular weight excluding hydrogens is 156 g/mol. The van der Waals surface area contributed by atoms with Gasteiger partial charge in [0.2, 0.25) is 0 Å². The van der Waals surface area contributed by atoms with Gasteiger partial charge < -0.3 is 0 Å². The second-order valence-electron chi connectivity index (χ2n) is 5.69. The van der Waals surface area contributed by atoms with Crippen LogP contribution < -0.4 is 0 Å². The largest absolute Gasteiger partial charge is 0.0649 e. The summed E-state index contributed by atoms with van der Waals surface area (Å²) in [5.74, 6) is 1.70. The lowest BCUT2D eigenvalue weighted by atomic mass is 9.75. The van der Waals surface area contributed by atoms with E-state index < -0.39 is 0 Å². The van der Waals surface area contributed by atoms with E-state index >= 15 is 0 Å². The molecule has 80 valence electrons. The fraction of sp³-hybridized carbons (Fsp3) is 1.00. The van der Waals surface area contributed by atoms with E-state index in [9.17, 15) is 0 Å². The van der Waals surface area contributed by atoms with Gasteiger partial charge in [0.05, 0.1) is 0 Å². The van der Waals surface area contributed by atoms with Crippen LogP contribution in [0.1, 0.15) is 67.2 Å². The highest BCUT2D eigenvalue weighted by Gasteiger charge is 2.22. The van der Waals surface area contributed by atoms with Crippen molar-refractivity contribution in [1.82, 2.24) is 0 Å². The van der Waals surface area contributed by atoms with E-state index in [0.29, 0.717) is 5.41 Å². The van der Waals surface area contributed by atoms with Gasteiger partial charge in [0.25, 0.3) is 0 Å². The molecule has 0 heterocycles. The second-order valence-corrected chi connectivity index (χ2v) is 5.69. The van der Waals surface area contributed by atoms with Crippen molar-refractivity contribution < 1.29 is 0 Å². The zero-order valence-electron chi connectivity index (χ0n) is 10.5. The lowest BCUT2D eigenvalue weighted by Crippen LogP contribution is -2.18. The summed E-state index contributed by atoms with van der Waals surface area (Å²) in [7, 11) is 0. The summed E-state index contributed by atoms with van der Waals surface area (Å²) >= 11 is 0. The highest BCUT2D eigenvalue weighted by atomic mass is 14.3. The van der Waals surface area contributed by atoms with Crippen LogP contribution in [0.4, 0.5) is 0 Å². The van der Waals surface area contributed by atoms with E-state index in [2.05, 4.69) is 41.5 Å². The van der Waals surface area contributed by atoms with Crippen molar-refractivity contribution in [3.8, 4) is 0 Å². The minimum atomic E-state index is 0.596. The van der Waals surface area contributed by atoms with Gasteiger partial charge in [0, 0.05) is 0 Å². The predicted octanol–water partition coefficient (Wildman–Crippen LogP) is 4.89. The van der Waals surface area contributed by atoms with Crippen LogP contribution in [0, 0.1) is 17.3 Å². The van der Waals surface area contributed by atoms with Crippen LogP contribution in [-0.4, -0.2) is 0 Å². The first-order valence-corrected chi connectivity index (χ1v) is 5.89. The molecule has 0 aliphatic rings. The Bertz CT molecular complexity index is 124. The van der Waals surface area contributed by atoms with Gasteiger partial charge in [-0.2, -0.15) is 0 Å². The van der Waals surface area contributed by atoms with Crippen LogP contribution in [0.5, 0.6) is 0 Å². The van der Waals surface area contributed by atoms with Crippen LogP contribution in [0.3, 0.4) is 0 Å². The molecule has 0 amide bonds. The molecule has 0 saturated heterocycles. The summed E-state index contributed by atoms with van der Waals surface area (Å²) in [6, 6.07) is 0. The van der Waals surface area contributed by atoms with Gasteiger partial charge in [0.15, 0.2) is 0 Å². The van der Waals surface area contributed by atoms with Gasteiger partial charge in [-0.1, -0.05) is 54.4 Å². The first kappa shape index (κ1) is 13.0. The molecule has 0 fully saturated rings. The second kappa shape index (κ2) is 5.67. The molecule has 0 saturated carbocycles. The zero-order chi connectivity index (χ0) is 10.5. The number of hydrogen-bond donors (Lipinski definition) is 0. The van der Waals surface area contributed by atoms with Crippen molar-refractivity contribution in [3.63, 3.8) is 0 Å². The fourth-order valence-corrected chi connectivity index (χ4v) is 2.05. The van der Waals surface area contributed by atoms with E-state index in [0.717, 1.165) is 11.8 Å². The molecule has 0 heteroatoms. The summed E-state index contributed by atoms with van der Waals surface area (Å²) < 4.78 is 0. The number of rotatable bonds is 6. The van der Waals surface area contributed by atoms with Gasteiger partial charge in [-0.15, -0.1) is 0 Å². The summed E-state index contributed by atoms with van der Waals surface area (Å²) in [6.45, 7) is 14.1. The lowest BCUT2D eigenvalue weighted by Gasteiger charge is -2.31. The zero-order valence-corrected chi connectivity index (χ0v) is 10.5. The van der Waals surface area contributed by atoms with E-state index in [1.165, 1.54) is 25.7 Å². The standard InChI is InChI=1S/C13H28/c1-7-13(6,10-12(4)5)9-8-11(2)3/h11-12H,7-10H2,1-6H3. The highest BCUT2D eigenvalue weighted by molar-refractivity contribution is 4.74. The molecule has 0 spiro atoms. The quantitative estimate of drug-likeness (QED) is 0.551.